The van der Waals surface area contributed by atoms with Crippen molar-refractivity contribution in [1.82, 2.24) is 9.97 Å². The van der Waals surface area contributed by atoms with Crippen molar-refractivity contribution in [2.75, 3.05) is 5.32 Å². The summed E-state index contributed by atoms with van der Waals surface area (Å²) in [6, 6.07) is 5.58. The normalized spacial score (nSPS) is 10.8. The molecule has 96 valence electrons. The van der Waals surface area contributed by atoms with Gasteiger partial charge >= 0.3 is 0 Å². The van der Waals surface area contributed by atoms with Gasteiger partial charge in [0.05, 0.1) is 5.69 Å². The number of H-pyrrole nitrogens is 1. The molecular weight excluding hydrogens is 258 g/mol. The van der Waals surface area contributed by atoms with E-state index >= 15 is 0 Å². The van der Waals surface area contributed by atoms with Gasteiger partial charge in [-0.1, -0.05) is 0 Å². The number of aryl methyl sites for hydroxylation is 2. The van der Waals surface area contributed by atoms with Gasteiger partial charge in [0, 0.05) is 22.7 Å². The molecule has 0 atom stereocenters. The Morgan fingerprint density at radius 1 is 1.42 bits per heavy atom. The van der Waals surface area contributed by atoms with Gasteiger partial charge in [-0.15, -0.1) is 11.3 Å². The summed E-state index contributed by atoms with van der Waals surface area (Å²) in [5.74, 6) is -0.135. The minimum Gasteiger partial charge on any atom is -0.357 e. The van der Waals surface area contributed by atoms with E-state index in [1.54, 1.807) is 29.7 Å². The summed E-state index contributed by atoms with van der Waals surface area (Å²) in [5, 5.41) is 5.89. The van der Waals surface area contributed by atoms with E-state index in [0.717, 1.165) is 27.2 Å². The number of aromatic amines is 1. The lowest BCUT2D eigenvalue weighted by Gasteiger charge is -2.04. The van der Waals surface area contributed by atoms with Gasteiger partial charge in [0.1, 0.15) is 10.5 Å². The number of amides is 1. The monoisotopic (exact) mass is 271 g/mol. The fourth-order valence-electron chi connectivity index (χ4n) is 2.14. The molecule has 0 bridgehead atoms. The number of carbonyl (C=O) groups excluding carboxylic acids is 1. The minimum absolute atomic E-state index is 0.135. The lowest BCUT2D eigenvalue weighted by atomic mass is 10.1. The molecule has 0 unspecified atom stereocenters. The van der Waals surface area contributed by atoms with Gasteiger partial charge in [0.2, 0.25) is 0 Å². The highest BCUT2D eigenvalue weighted by Gasteiger charge is 2.13. The van der Waals surface area contributed by atoms with Crippen molar-refractivity contribution in [1.29, 1.82) is 0 Å². The van der Waals surface area contributed by atoms with Gasteiger partial charge < -0.3 is 10.3 Å². The molecule has 3 heterocycles. The van der Waals surface area contributed by atoms with Crippen LogP contribution in [-0.4, -0.2) is 15.9 Å². The van der Waals surface area contributed by atoms with Crippen molar-refractivity contribution in [2.45, 2.75) is 13.8 Å². The maximum absolute atomic E-state index is 12.0. The zero-order chi connectivity index (χ0) is 13.4. The predicted octanol–water partition coefficient (Wildman–Crippen LogP) is 3.49. The predicted molar refractivity (Wildman–Crippen MR) is 77.8 cm³/mol. The number of thiophene rings is 1. The van der Waals surface area contributed by atoms with E-state index in [2.05, 4.69) is 15.3 Å². The SMILES string of the molecule is Cc1cc(C)c2c(NC(=O)c3ccc[nH]3)csc2n1. The molecule has 2 N–H and O–H groups in total. The van der Waals surface area contributed by atoms with E-state index in [1.807, 2.05) is 25.3 Å². The van der Waals surface area contributed by atoms with Crippen LogP contribution in [0.15, 0.2) is 29.8 Å². The molecule has 0 aliphatic carbocycles. The fraction of sp³-hybridized carbons (Fsp3) is 0.143. The highest BCUT2D eigenvalue weighted by Crippen LogP contribution is 2.32. The quantitative estimate of drug-likeness (QED) is 0.749. The Hall–Kier alpha value is -2.14. The molecule has 0 aliphatic heterocycles. The van der Waals surface area contributed by atoms with Crippen LogP contribution < -0.4 is 5.32 Å². The fourth-order valence-corrected chi connectivity index (χ4v) is 3.13. The average Bonchev–Trinajstić information content (AvgIpc) is 2.98. The van der Waals surface area contributed by atoms with Crippen LogP contribution in [0.1, 0.15) is 21.7 Å². The number of nitrogens with zero attached hydrogens (tertiary/aromatic N) is 1. The van der Waals surface area contributed by atoms with E-state index in [-0.39, 0.29) is 5.91 Å². The molecule has 3 aromatic heterocycles. The van der Waals surface area contributed by atoms with Gasteiger partial charge in [-0.25, -0.2) is 4.98 Å². The van der Waals surface area contributed by atoms with Crippen LogP contribution in [-0.2, 0) is 0 Å². The van der Waals surface area contributed by atoms with Crippen LogP contribution in [0.5, 0.6) is 0 Å². The Morgan fingerprint density at radius 2 is 2.26 bits per heavy atom. The third kappa shape index (κ3) is 2.13. The maximum atomic E-state index is 12.0. The van der Waals surface area contributed by atoms with E-state index in [4.69, 9.17) is 0 Å². The molecule has 0 radical (unpaired) electrons. The lowest BCUT2D eigenvalue weighted by molar-refractivity contribution is 0.102. The topological polar surface area (TPSA) is 57.8 Å². The lowest BCUT2D eigenvalue weighted by Crippen LogP contribution is -2.11. The number of rotatable bonds is 2. The first-order valence-corrected chi connectivity index (χ1v) is 6.83. The second-order valence-corrected chi connectivity index (χ2v) is 5.31. The number of hydrogen-bond acceptors (Lipinski definition) is 3. The molecular formula is C14H13N3OS. The van der Waals surface area contributed by atoms with Gasteiger partial charge in [-0.3, -0.25) is 4.79 Å². The van der Waals surface area contributed by atoms with Crippen LogP contribution in [0.2, 0.25) is 0 Å². The first kappa shape index (κ1) is 11.9. The van der Waals surface area contributed by atoms with Crippen molar-refractivity contribution in [3.63, 3.8) is 0 Å². The molecule has 4 nitrogen and oxygen atoms in total. The van der Waals surface area contributed by atoms with Crippen LogP contribution in [0.4, 0.5) is 5.69 Å². The largest absolute Gasteiger partial charge is 0.357 e. The molecule has 0 aromatic carbocycles. The number of pyridine rings is 1. The van der Waals surface area contributed by atoms with E-state index < -0.39 is 0 Å². The Labute approximate surface area is 114 Å². The molecule has 19 heavy (non-hydrogen) atoms. The van der Waals surface area contributed by atoms with Crippen LogP contribution >= 0.6 is 11.3 Å². The van der Waals surface area contributed by atoms with Crippen LogP contribution in [0, 0.1) is 13.8 Å². The van der Waals surface area contributed by atoms with E-state index in [9.17, 15) is 4.79 Å². The van der Waals surface area contributed by atoms with Gasteiger partial charge in [-0.2, -0.15) is 0 Å². The van der Waals surface area contributed by atoms with Crippen LogP contribution in [0.25, 0.3) is 10.2 Å². The first-order valence-electron chi connectivity index (χ1n) is 5.95. The molecule has 5 heteroatoms. The zero-order valence-electron chi connectivity index (χ0n) is 10.7. The van der Waals surface area contributed by atoms with Gasteiger partial charge in [-0.05, 0) is 37.6 Å². The summed E-state index contributed by atoms with van der Waals surface area (Å²) in [5.41, 5.74) is 3.50. The third-order valence-electron chi connectivity index (χ3n) is 2.96. The maximum Gasteiger partial charge on any atom is 0.272 e. The summed E-state index contributed by atoms with van der Waals surface area (Å²) in [6.45, 7) is 4.01. The van der Waals surface area contributed by atoms with Crippen molar-refractivity contribution >= 4 is 33.1 Å². The van der Waals surface area contributed by atoms with E-state index in [0.29, 0.717) is 5.69 Å². The Morgan fingerprint density at radius 3 is 3.00 bits per heavy atom. The summed E-state index contributed by atoms with van der Waals surface area (Å²) < 4.78 is 0. The van der Waals surface area contributed by atoms with Crippen molar-refractivity contribution in [2.24, 2.45) is 0 Å². The van der Waals surface area contributed by atoms with E-state index in [1.165, 1.54) is 0 Å². The Bertz CT molecular complexity index is 743. The number of nitrogens with one attached hydrogen (secondary N) is 2. The summed E-state index contributed by atoms with van der Waals surface area (Å²) >= 11 is 1.55. The van der Waals surface area contributed by atoms with Crippen LogP contribution in [0.3, 0.4) is 0 Å². The summed E-state index contributed by atoms with van der Waals surface area (Å²) in [6.07, 6.45) is 1.73. The second kappa shape index (κ2) is 4.51. The highest BCUT2D eigenvalue weighted by molar-refractivity contribution is 7.17. The number of aromatic nitrogens is 2. The van der Waals surface area contributed by atoms with Gasteiger partial charge in [0.25, 0.3) is 5.91 Å². The second-order valence-electron chi connectivity index (χ2n) is 4.45. The summed E-state index contributed by atoms with van der Waals surface area (Å²) in [4.78, 5) is 20.4. The standard InChI is InChI=1S/C14H13N3OS/c1-8-6-9(2)16-14-12(8)11(7-19-14)17-13(18)10-4-3-5-15-10/h3-7,15H,1-2H3,(H,17,18). The molecule has 0 spiro atoms. The molecule has 3 rings (SSSR count). The molecule has 0 saturated carbocycles. The number of carbonyl (C=O) groups is 1. The molecule has 1 amide bonds. The number of fused-ring (bicyclic) bond motifs is 1. The average molecular weight is 271 g/mol. The van der Waals surface area contributed by atoms with Crippen molar-refractivity contribution in [3.8, 4) is 0 Å². The number of hydrogen-bond donors (Lipinski definition) is 2. The third-order valence-corrected chi connectivity index (χ3v) is 3.83. The summed E-state index contributed by atoms with van der Waals surface area (Å²) in [7, 11) is 0. The first-order chi connectivity index (χ1) is 9.15. The number of anilines is 1. The molecule has 0 aliphatic rings. The molecule has 3 aromatic rings. The smallest absolute Gasteiger partial charge is 0.272 e. The molecule has 0 fully saturated rings. The minimum atomic E-state index is -0.135. The molecule has 0 saturated heterocycles. The zero-order valence-corrected chi connectivity index (χ0v) is 11.5. The highest BCUT2D eigenvalue weighted by atomic mass is 32.1. The Balaban J connectivity index is 2.00. The van der Waals surface area contributed by atoms with Crippen molar-refractivity contribution < 1.29 is 4.79 Å². The van der Waals surface area contributed by atoms with Gasteiger partial charge in [0.15, 0.2) is 0 Å². The Kier molecular flexibility index (Phi) is 2.83. The van der Waals surface area contributed by atoms with Crippen molar-refractivity contribution in [3.05, 3.63) is 46.7 Å².